The van der Waals surface area contributed by atoms with Gasteiger partial charge in [0.2, 0.25) is 0 Å². The third-order valence-electron chi connectivity index (χ3n) is 6.73. The van der Waals surface area contributed by atoms with E-state index < -0.39 is 36.8 Å². The standard InChI is InChI=1S/C29H25Cl2FN4O2/c1-15-12-34-24(19-6-5-7-20(27(19)32)28(37)35(3)4)11-25(15)36-16(2)8-23(26(31)29(36)38)22-10-21(22)17-9-18(30)14-33-13-17/h5-9,11-14,21-22H,10H2,1-4H3/t21-,22+/m1/s1/i3D3,4D3. The number of carbonyl (C=O) groups is 1. The largest absolute Gasteiger partial charge is 0.345 e. The summed E-state index contributed by atoms with van der Waals surface area (Å²) in [7, 11) is 0. The van der Waals surface area contributed by atoms with E-state index in [9.17, 15) is 9.59 Å². The van der Waals surface area contributed by atoms with E-state index in [1.54, 1.807) is 26.2 Å². The van der Waals surface area contributed by atoms with Gasteiger partial charge in [-0.1, -0.05) is 29.3 Å². The van der Waals surface area contributed by atoms with Gasteiger partial charge in [-0.05, 0) is 79.1 Å². The molecule has 0 saturated heterocycles. The van der Waals surface area contributed by atoms with E-state index in [0.717, 1.165) is 18.1 Å². The Morgan fingerprint density at radius 2 is 1.92 bits per heavy atom. The first kappa shape index (κ1) is 19.5. The Morgan fingerprint density at radius 3 is 2.66 bits per heavy atom. The molecule has 5 rings (SSSR count). The summed E-state index contributed by atoms with van der Waals surface area (Å²) in [6, 6.07) is 8.73. The van der Waals surface area contributed by atoms with Crippen molar-refractivity contribution in [2.45, 2.75) is 32.1 Å². The summed E-state index contributed by atoms with van der Waals surface area (Å²) in [5, 5.41) is 0.567. The molecule has 3 aromatic heterocycles. The molecule has 0 unspecified atom stereocenters. The van der Waals surface area contributed by atoms with Gasteiger partial charge in [0.05, 0.1) is 22.0 Å². The Bertz CT molecular complexity index is 1850. The predicted octanol–water partition coefficient (Wildman–Crippen LogP) is 6.33. The molecule has 0 spiro atoms. The second kappa shape index (κ2) is 9.97. The van der Waals surface area contributed by atoms with Gasteiger partial charge < -0.3 is 4.90 Å². The van der Waals surface area contributed by atoms with Crippen molar-refractivity contribution in [2.75, 3.05) is 14.0 Å². The molecule has 2 atom stereocenters. The smallest absolute Gasteiger partial charge is 0.274 e. The van der Waals surface area contributed by atoms with Crippen LogP contribution in [-0.4, -0.2) is 39.3 Å². The lowest BCUT2D eigenvalue weighted by atomic mass is 10.0. The summed E-state index contributed by atoms with van der Waals surface area (Å²) in [5.74, 6) is -2.56. The summed E-state index contributed by atoms with van der Waals surface area (Å²) in [6.45, 7) is -3.24. The van der Waals surface area contributed by atoms with E-state index in [4.69, 9.17) is 31.4 Å². The molecule has 0 bridgehead atoms. The first-order valence-electron chi connectivity index (χ1n) is 14.6. The van der Waals surface area contributed by atoms with Crippen molar-refractivity contribution in [3.8, 4) is 16.9 Å². The van der Waals surface area contributed by atoms with Crippen molar-refractivity contribution in [1.29, 1.82) is 0 Å². The Morgan fingerprint density at radius 1 is 1.13 bits per heavy atom. The fraction of sp³-hybridized carbons (Fsp3) is 0.241. The van der Waals surface area contributed by atoms with E-state index in [2.05, 4.69) is 9.97 Å². The van der Waals surface area contributed by atoms with E-state index in [0.29, 0.717) is 27.5 Å². The van der Waals surface area contributed by atoms with Crippen molar-refractivity contribution in [3.05, 3.63) is 109 Å². The molecule has 38 heavy (non-hydrogen) atoms. The van der Waals surface area contributed by atoms with Crippen LogP contribution in [0.3, 0.4) is 0 Å². The molecule has 6 nitrogen and oxygen atoms in total. The number of rotatable bonds is 5. The van der Waals surface area contributed by atoms with Gasteiger partial charge in [-0.25, -0.2) is 4.39 Å². The maximum Gasteiger partial charge on any atom is 0.274 e. The van der Waals surface area contributed by atoms with Gasteiger partial charge >= 0.3 is 0 Å². The lowest BCUT2D eigenvalue weighted by Crippen LogP contribution is -2.23. The summed E-state index contributed by atoms with van der Waals surface area (Å²) in [5.41, 5.74) is 1.75. The minimum Gasteiger partial charge on any atom is -0.345 e. The number of aromatic nitrogens is 3. The topological polar surface area (TPSA) is 68.1 Å². The number of benzene rings is 1. The third-order valence-corrected chi connectivity index (χ3v) is 7.32. The van der Waals surface area contributed by atoms with Crippen LogP contribution in [0.25, 0.3) is 16.9 Å². The number of nitrogens with zero attached hydrogens (tertiary/aromatic N) is 4. The quantitative estimate of drug-likeness (QED) is 0.288. The maximum atomic E-state index is 15.8. The average Bonchev–Trinajstić information content (AvgIpc) is 3.71. The fourth-order valence-corrected chi connectivity index (χ4v) is 5.22. The molecule has 0 radical (unpaired) electrons. The van der Waals surface area contributed by atoms with Crippen molar-refractivity contribution in [1.82, 2.24) is 19.4 Å². The highest BCUT2D eigenvalue weighted by Crippen LogP contribution is 2.56. The van der Waals surface area contributed by atoms with Crippen LogP contribution in [0.5, 0.6) is 0 Å². The Kier molecular flexibility index (Phi) is 5.12. The third kappa shape index (κ3) is 4.61. The molecule has 1 aliphatic rings. The molecular formula is C29H25Cl2FN4O2. The predicted molar refractivity (Wildman–Crippen MR) is 147 cm³/mol. The van der Waals surface area contributed by atoms with Gasteiger partial charge in [0, 0.05) is 52.0 Å². The van der Waals surface area contributed by atoms with E-state index in [1.165, 1.54) is 29.0 Å². The molecule has 4 aromatic rings. The van der Waals surface area contributed by atoms with Gasteiger partial charge in [-0.15, -0.1) is 0 Å². The van der Waals surface area contributed by atoms with Crippen LogP contribution in [0.1, 0.15) is 59.2 Å². The molecule has 1 saturated carbocycles. The molecule has 3 heterocycles. The first-order valence-corrected chi connectivity index (χ1v) is 12.4. The first-order chi connectivity index (χ1) is 20.5. The summed E-state index contributed by atoms with van der Waals surface area (Å²) in [6.07, 6.45) is 5.49. The van der Waals surface area contributed by atoms with Crippen LogP contribution in [0.4, 0.5) is 4.39 Å². The lowest BCUT2D eigenvalue weighted by molar-refractivity contribution is 0.0823. The fourth-order valence-electron chi connectivity index (χ4n) is 4.76. The number of pyridine rings is 3. The van der Waals surface area contributed by atoms with Gasteiger partial charge in [0.15, 0.2) is 0 Å². The molecule has 1 aromatic carbocycles. The minimum absolute atomic E-state index is 0.0108. The molecule has 0 N–H and O–H groups in total. The molecule has 1 aliphatic carbocycles. The zero-order chi connectivity index (χ0) is 32.3. The van der Waals surface area contributed by atoms with E-state index in [-0.39, 0.29) is 33.0 Å². The Labute approximate surface area is 238 Å². The Hall–Kier alpha value is -3.55. The number of hydrogen-bond donors (Lipinski definition) is 0. The highest BCUT2D eigenvalue weighted by molar-refractivity contribution is 6.31. The second-order valence-corrected chi connectivity index (χ2v) is 10.1. The van der Waals surface area contributed by atoms with Crippen molar-refractivity contribution < 1.29 is 17.4 Å². The molecule has 194 valence electrons. The average molecular weight is 557 g/mol. The molecule has 0 aliphatic heterocycles. The van der Waals surface area contributed by atoms with E-state index >= 15 is 4.39 Å². The van der Waals surface area contributed by atoms with Crippen LogP contribution >= 0.6 is 23.2 Å². The number of hydrogen-bond acceptors (Lipinski definition) is 4. The lowest BCUT2D eigenvalue weighted by Gasteiger charge is -2.17. The van der Waals surface area contributed by atoms with Crippen LogP contribution in [0.2, 0.25) is 10.0 Å². The zero-order valence-corrected chi connectivity index (χ0v) is 21.8. The summed E-state index contributed by atoms with van der Waals surface area (Å²) < 4.78 is 62.3. The maximum absolute atomic E-state index is 15.8. The summed E-state index contributed by atoms with van der Waals surface area (Å²) >= 11 is 12.7. The van der Waals surface area contributed by atoms with Crippen molar-refractivity contribution in [3.63, 3.8) is 0 Å². The van der Waals surface area contributed by atoms with Crippen LogP contribution in [0, 0.1) is 19.7 Å². The van der Waals surface area contributed by atoms with Gasteiger partial charge in [0.1, 0.15) is 10.8 Å². The van der Waals surface area contributed by atoms with Gasteiger partial charge in [-0.3, -0.25) is 24.1 Å². The van der Waals surface area contributed by atoms with Crippen LogP contribution in [0.15, 0.2) is 59.8 Å². The van der Waals surface area contributed by atoms with E-state index in [1.807, 2.05) is 12.1 Å². The normalized spacial score (nSPS) is 19.4. The minimum atomic E-state index is -3.35. The molecule has 1 amide bonds. The molecule has 9 heteroatoms. The van der Waals surface area contributed by atoms with Gasteiger partial charge in [0.25, 0.3) is 11.5 Å². The number of aryl methyl sites for hydroxylation is 2. The number of halogens is 3. The summed E-state index contributed by atoms with van der Waals surface area (Å²) in [4.78, 5) is 34.8. The van der Waals surface area contributed by atoms with Crippen molar-refractivity contribution in [2.24, 2.45) is 0 Å². The Balaban J connectivity index is 1.54. The molecule has 1 fully saturated rings. The monoisotopic (exact) mass is 556 g/mol. The SMILES string of the molecule is [2H]C([2H])([2H])N(C(=O)c1cccc(-c2cc(-n3c(C)cc([C@H]4C[C@@H]4c4cncc(Cl)c4)c(Cl)c3=O)c(C)cn2)c1F)C([2H])([2H])[2H]. The van der Waals surface area contributed by atoms with Crippen molar-refractivity contribution >= 4 is 29.1 Å². The highest BCUT2D eigenvalue weighted by Gasteiger charge is 2.42. The van der Waals surface area contributed by atoms with Gasteiger partial charge in [-0.2, -0.15) is 0 Å². The van der Waals surface area contributed by atoms with Crippen LogP contribution in [-0.2, 0) is 0 Å². The highest BCUT2D eigenvalue weighted by atomic mass is 35.5. The molecular weight excluding hydrogens is 526 g/mol. The number of carbonyl (C=O) groups excluding carboxylic acids is 1. The zero-order valence-electron chi connectivity index (χ0n) is 26.3. The van der Waals surface area contributed by atoms with Crippen LogP contribution < -0.4 is 5.56 Å². The second-order valence-electron chi connectivity index (χ2n) is 9.24. The number of amides is 1.